The Balaban J connectivity index is 1.31. The Hall–Kier alpha value is -5.21. The van der Waals surface area contributed by atoms with Crippen LogP contribution < -0.4 is 16.4 Å². The van der Waals surface area contributed by atoms with Crippen molar-refractivity contribution in [3.8, 4) is 11.1 Å². The fourth-order valence-corrected chi connectivity index (χ4v) is 5.86. The quantitative estimate of drug-likeness (QED) is 0.185. The standard InChI is InChI=1S/C27H29N11O4/c1-13-4-6-16(37(13)24(40)22-30-12-31-36-22)7-8-18-20(14(2)39)21(28)38-23(33-18)17(11-32-38)15-5-9-19(29-10-15)27(3)25(41)34-26(42)35-27/h5,9-13,16H,4,6-8,28H2,1-3H3,(H,30,31,36)(H2,34,35,41,42)/t13-,16-,27?/m1/s1. The number of pyridine rings is 1. The molecule has 4 aromatic heterocycles. The zero-order valence-corrected chi connectivity index (χ0v) is 23.2. The summed E-state index contributed by atoms with van der Waals surface area (Å²) in [4.78, 5) is 65.0. The van der Waals surface area contributed by atoms with Gasteiger partial charge in [0.1, 0.15) is 12.1 Å². The number of imide groups is 1. The van der Waals surface area contributed by atoms with Crippen molar-refractivity contribution < 1.29 is 19.2 Å². The van der Waals surface area contributed by atoms with Crippen LogP contribution in [0.15, 0.2) is 30.9 Å². The number of Topliss-reactive ketones (excluding diaryl/α,β-unsaturated/α-hetero) is 1. The Morgan fingerprint density at radius 1 is 1.17 bits per heavy atom. The summed E-state index contributed by atoms with van der Waals surface area (Å²) < 4.78 is 1.42. The zero-order chi connectivity index (χ0) is 29.8. The molecule has 216 valence electrons. The predicted octanol–water partition coefficient (Wildman–Crippen LogP) is 1.37. The van der Waals surface area contributed by atoms with Crippen LogP contribution in [0.4, 0.5) is 10.6 Å². The van der Waals surface area contributed by atoms with Gasteiger partial charge in [-0.15, -0.1) is 0 Å². The number of hydrogen-bond acceptors (Lipinski definition) is 10. The number of aromatic nitrogens is 7. The van der Waals surface area contributed by atoms with Crippen LogP contribution in [-0.4, -0.2) is 75.4 Å². The molecule has 4 amide bonds. The molecule has 0 aliphatic carbocycles. The molecule has 2 aliphatic rings. The summed E-state index contributed by atoms with van der Waals surface area (Å²) in [6.45, 7) is 5.02. The van der Waals surface area contributed by atoms with E-state index < -0.39 is 17.5 Å². The number of hydrogen-bond donors (Lipinski definition) is 4. The average Bonchev–Trinajstić information content (AvgIpc) is 3.75. The maximum absolute atomic E-state index is 13.1. The van der Waals surface area contributed by atoms with E-state index in [9.17, 15) is 19.2 Å². The van der Waals surface area contributed by atoms with Gasteiger partial charge in [-0.1, -0.05) is 6.07 Å². The molecule has 6 rings (SSSR count). The minimum atomic E-state index is -1.29. The van der Waals surface area contributed by atoms with Crippen molar-refractivity contribution in [1.82, 2.24) is 50.3 Å². The van der Waals surface area contributed by atoms with Crippen LogP contribution in [0.1, 0.15) is 72.4 Å². The monoisotopic (exact) mass is 571 g/mol. The summed E-state index contributed by atoms with van der Waals surface area (Å²) in [7, 11) is 0. The number of carbonyl (C=O) groups excluding carboxylic acids is 4. The van der Waals surface area contributed by atoms with Gasteiger partial charge in [0.25, 0.3) is 11.8 Å². The molecule has 1 unspecified atom stereocenters. The molecular formula is C27H29N11O4. The Labute approximate surface area is 239 Å². The average molecular weight is 572 g/mol. The summed E-state index contributed by atoms with van der Waals surface area (Å²) in [5.41, 5.74) is 8.08. The van der Waals surface area contributed by atoms with E-state index in [1.165, 1.54) is 17.8 Å². The third-order valence-corrected chi connectivity index (χ3v) is 8.09. The van der Waals surface area contributed by atoms with E-state index in [1.54, 1.807) is 31.5 Å². The highest BCUT2D eigenvalue weighted by Gasteiger charge is 2.44. The van der Waals surface area contributed by atoms with Crippen LogP contribution in [0.25, 0.3) is 16.8 Å². The minimum absolute atomic E-state index is 0.0307. The van der Waals surface area contributed by atoms with Crippen molar-refractivity contribution in [2.45, 2.75) is 64.1 Å². The molecule has 2 fully saturated rings. The van der Waals surface area contributed by atoms with E-state index in [4.69, 9.17) is 10.7 Å². The molecule has 2 aliphatic heterocycles. The molecule has 0 radical (unpaired) electrons. The van der Waals surface area contributed by atoms with Gasteiger partial charge in [-0.05, 0) is 52.5 Å². The molecule has 15 heteroatoms. The molecule has 2 saturated heterocycles. The van der Waals surface area contributed by atoms with Crippen molar-refractivity contribution in [2.75, 3.05) is 5.73 Å². The van der Waals surface area contributed by atoms with Crippen molar-refractivity contribution in [3.05, 3.63) is 53.6 Å². The number of urea groups is 1. The van der Waals surface area contributed by atoms with Gasteiger partial charge in [-0.2, -0.15) is 14.7 Å². The van der Waals surface area contributed by atoms with Crippen molar-refractivity contribution in [1.29, 1.82) is 0 Å². The van der Waals surface area contributed by atoms with Gasteiger partial charge in [0.2, 0.25) is 5.82 Å². The number of ketones is 1. The number of aryl methyl sites for hydroxylation is 1. The number of aromatic amines is 1. The van der Waals surface area contributed by atoms with Crippen LogP contribution in [-0.2, 0) is 16.8 Å². The zero-order valence-electron chi connectivity index (χ0n) is 23.2. The smallest absolute Gasteiger partial charge is 0.322 e. The first kappa shape index (κ1) is 27.0. The highest BCUT2D eigenvalue weighted by atomic mass is 16.2. The SMILES string of the molecule is CC(=O)c1c(CC[C@H]2CC[C@@H](C)N2C(=O)c2ncn[nH]2)nc2c(-c3ccc(C4(C)NC(=O)NC4=O)nc3)cnn2c1N. The number of rotatable bonds is 7. The lowest BCUT2D eigenvalue weighted by Crippen LogP contribution is -2.41. The second kappa shape index (κ2) is 10.0. The Bertz CT molecular complexity index is 1730. The highest BCUT2D eigenvalue weighted by Crippen LogP contribution is 2.32. The number of nitrogens with one attached hydrogen (secondary N) is 3. The first-order valence-electron chi connectivity index (χ1n) is 13.5. The summed E-state index contributed by atoms with van der Waals surface area (Å²) in [6, 6.07) is 2.78. The summed E-state index contributed by atoms with van der Waals surface area (Å²) in [6.07, 6.45) is 7.09. The van der Waals surface area contributed by atoms with Gasteiger partial charge >= 0.3 is 6.03 Å². The van der Waals surface area contributed by atoms with Crippen LogP contribution in [0.3, 0.4) is 0 Å². The largest absolute Gasteiger partial charge is 0.383 e. The number of likely N-dealkylation sites (tertiary alicyclic amines) is 1. The van der Waals surface area contributed by atoms with E-state index in [0.29, 0.717) is 46.6 Å². The molecular weight excluding hydrogens is 542 g/mol. The van der Waals surface area contributed by atoms with E-state index in [2.05, 4.69) is 35.9 Å². The Kier molecular flexibility index (Phi) is 6.43. The molecule has 0 aromatic carbocycles. The molecule has 0 bridgehead atoms. The fourth-order valence-electron chi connectivity index (χ4n) is 5.86. The number of H-pyrrole nitrogens is 1. The lowest BCUT2D eigenvalue weighted by atomic mass is 9.96. The highest BCUT2D eigenvalue weighted by molar-refractivity contribution is 6.07. The minimum Gasteiger partial charge on any atom is -0.383 e. The third kappa shape index (κ3) is 4.33. The van der Waals surface area contributed by atoms with Crippen LogP contribution in [0.5, 0.6) is 0 Å². The number of amides is 4. The van der Waals surface area contributed by atoms with Gasteiger partial charge in [0.15, 0.2) is 17.0 Å². The number of fused-ring (bicyclic) bond motifs is 1. The summed E-state index contributed by atoms with van der Waals surface area (Å²) in [5, 5.41) is 15.7. The third-order valence-electron chi connectivity index (χ3n) is 8.09. The molecule has 15 nitrogen and oxygen atoms in total. The first-order chi connectivity index (χ1) is 20.1. The topological polar surface area (TPSA) is 206 Å². The van der Waals surface area contributed by atoms with Gasteiger partial charge in [-0.3, -0.25) is 29.8 Å². The maximum atomic E-state index is 13.1. The predicted molar refractivity (Wildman–Crippen MR) is 148 cm³/mol. The van der Waals surface area contributed by atoms with Gasteiger partial charge < -0.3 is 16.0 Å². The second-order valence-corrected chi connectivity index (χ2v) is 10.8. The number of nitrogens with two attached hydrogens (primary N) is 1. The van der Waals surface area contributed by atoms with E-state index in [0.717, 1.165) is 12.8 Å². The van der Waals surface area contributed by atoms with Crippen LogP contribution >= 0.6 is 0 Å². The van der Waals surface area contributed by atoms with Gasteiger partial charge in [0.05, 0.1) is 23.1 Å². The van der Waals surface area contributed by atoms with E-state index in [-0.39, 0.29) is 35.4 Å². The number of carbonyl (C=O) groups is 4. The maximum Gasteiger partial charge on any atom is 0.322 e. The fraction of sp³-hybridized carbons (Fsp3) is 0.370. The van der Waals surface area contributed by atoms with Crippen molar-refractivity contribution in [2.24, 2.45) is 0 Å². The van der Waals surface area contributed by atoms with Gasteiger partial charge in [-0.25, -0.2) is 14.8 Å². The molecule has 5 N–H and O–H groups in total. The number of nitrogen functional groups attached to an aromatic ring is 1. The number of nitrogens with zero attached hydrogens (tertiary/aromatic N) is 7. The Morgan fingerprint density at radius 3 is 2.62 bits per heavy atom. The summed E-state index contributed by atoms with van der Waals surface area (Å²) >= 11 is 0. The van der Waals surface area contributed by atoms with E-state index >= 15 is 0 Å². The van der Waals surface area contributed by atoms with Gasteiger partial charge in [0, 0.05) is 29.4 Å². The Morgan fingerprint density at radius 2 is 1.98 bits per heavy atom. The normalized spacial score (nSPS) is 22.0. The molecule has 4 aromatic rings. The van der Waals surface area contributed by atoms with Crippen molar-refractivity contribution in [3.63, 3.8) is 0 Å². The molecule has 6 heterocycles. The number of anilines is 1. The molecule has 3 atom stereocenters. The molecule has 42 heavy (non-hydrogen) atoms. The van der Waals surface area contributed by atoms with Crippen LogP contribution in [0.2, 0.25) is 0 Å². The first-order valence-corrected chi connectivity index (χ1v) is 13.5. The molecule has 0 spiro atoms. The van der Waals surface area contributed by atoms with E-state index in [1.807, 2.05) is 11.8 Å². The lowest BCUT2D eigenvalue weighted by molar-refractivity contribution is -0.123. The lowest BCUT2D eigenvalue weighted by Gasteiger charge is -2.28. The second-order valence-electron chi connectivity index (χ2n) is 10.8. The van der Waals surface area contributed by atoms with Crippen LogP contribution in [0, 0.1) is 0 Å². The molecule has 0 saturated carbocycles. The summed E-state index contributed by atoms with van der Waals surface area (Å²) in [5.74, 6) is -0.576. The van der Waals surface area contributed by atoms with Crippen molar-refractivity contribution >= 4 is 35.1 Å².